The molecule has 0 bridgehead atoms. The minimum atomic E-state index is -3.65. The van der Waals surface area contributed by atoms with Gasteiger partial charge in [-0.3, -0.25) is 13.9 Å². The lowest BCUT2D eigenvalue weighted by atomic mass is 10.1. The molecule has 1 aromatic heterocycles. The standard InChI is InChI=1S/C23H28N4O4S/c1-16-8-10-18(32(30,31)27-12-6-4-5-7-13-27)15-19(16)22(28)24-17-9-11-20-21(14-17)26(3)23(29)25(20)2/h8-11,14-15H,4-7,12-13H2,1-3H3,(H,24,28). The maximum absolute atomic E-state index is 13.2. The Bertz CT molecular complexity index is 1350. The number of aromatic nitrogens is 2. The van der Waals surface area contributed by atoms with E-state index in [9.17, 15) is 18.0 Å². The molecule has 8 nitrogen and oxygen atoms in total. The first kappa shape index (κ1) is 22.3. The van der Waals surface area contributed by atoms with Crippen LogP contribution in [0.3, 0.4) is 0 Å². The zero-order valence-electron chi connectivity index (χ0n) is 18.6. The van der Waals surface area contributed by atoms with Crippen LogP contribution in [0.1, 0.15) is 41.6 Å². The molecule has 1 aliphatic rings. The number of hydrogen-bond donors (Lipinski definition) is 1. The fourth-order valence-corrected chi connectivity index (χ4v) is 5.76. The average Bonchev–Trinajstić information content (AvgIpc) is 2.98. The van der Waals surface area contributed by atoms with E-state index in [0.717, 1.165) is 31.2 Å². The van der Waals surface area contributed by atoms with Gasteiger partial charge < -0.3 is 5.32 Å². The quantitative estimate of drug-likeness (QED) is 0.653. The van der Waals surface area contributed by atoms with E-state index in [0.29, 0.717) is 35.4 Å². The minimum absolute atomic E-state index is 0.135. The topological polar surface area (TPSA) is 93.4 Å². The van der Waals surface area contributed by atoms with Crippen LogP contribution < -0.4 is 11.0 Å². The first-order chi connectivity index (χ1) is 15.2. The smallest absolute Gasteiger partial charge is 0.322 e. The molecule has 0 spiro atoms. The van der Waals surface area contributed by atoms with Crippen molar-refractivity contribution in [2.75, 3.05) is 18.4 Å². The number of carbonyl (C=O) groups is 1. The number of benzene rings is 2. The van der Waals surface area contributed by atoms with E-state index < -0.39 is 15.9 Å². The second-order valence-electron chi connectivity index (χ2n) is 8.35. The van der Waals surface area contributed by atoms with Crippen LogP contribution in [0.15, 0.2) is 46.1 Å². The molecule has 9 heteroatoms. The molecule has 1 saturated heterocycles. The van der Waals surface area contributed by atoms with Crippen molar-refractivity contribution in [3.05, 3.63) is 58.0 Å². The Labute approximate surface area is 187 Å². The van der Waals surface area contributed by atoms with Gasteiger partial charge in [-0.15, -0.1) is 0 Å². The van der Waals surface area contributed by atoms with Crippen molar-refractivity contribution < 1.29 is 13.2 Å². The van der Waals surface area contributed by atoms with Crippen molar-refractivity contribution >= 4 is 32.7 Å². The molecule has 3 aromatic rings. The molecule has 170 valence electrons. The molecule has 1 fully saturated rings. The third-order valence-corrected chi connectivity index (χ3v) is 8.08. The van der Waals surface area contributed by atoms with E-state index in [-0.39, 0.29) is 10.6 Å². The Morgan fingerprint density at radius 1 is 0.906 bits per heavy atom. The van der Waals surface area contributed by atoms with E-state index in [1.165, 1.54) is 14.9 Å². The SMILES string of the molecule is Cc1ccc(S(=O)(=O)N2CCCCCC2)cc1C(=O)Nc1ccc2c(c1)n(C)c(=O)n2C. The fraction of sp³-hybridized carbons (Fsp3) is 0.391. The first-order valence-corrected chi connectivity index (χ1v) is 12.2. The fourth-order valence-electron chi connectivity index (χ4n) is 4.22. The largest absolute Gasteiger partial charge is 0.328 e. The summed E-state index contributed by atoms with van der Waals surface area (Å²) in [5.74, 6) is -0.393. The van der Waals surface area contributed by atoms with Crippen molar-refractivity contribution in [2.24, 2.45) is 14.1 Å². The van der Waals surface area contributed by atoms with Crippen LogP contribution in [-0.2, 0) is 24.1 Å². The molecule has 1 N–H and O–H groups in total. The Balaban J connectivity index is 1.64. The number of sulfonamides is 1. The highest BCUT2D eigenvalue weighted by molar-refractivity contribution is 7.89. The molecule has 0 atom stereocenters. The monoisotopic (exact) mass is 456 g/mol. The van der Waals surface area contributed by atoms with Gasteiger partial charge in [0.2, 0.25) is 10.0 Å². The van der Waals surface area contributed by atoms with Crippen LogP contribution in [0, 0.1) is 6.92 Å². The molecular weight excluding hydrogens is 428 g/mol. The molecule has 2 heterocycles. The summed E-state index contributed by atoms with van der Waals surface area (Å²) < 4.78 is 30.9. The Kier molecular flexibility index (Phi) is 5.96. The lowest BCUT2D eigenvalue weighted by Gasteiger charge is -2.20. The molecule has 0 aliphatic carbocycles. The van der Waals surface area contributed by atoms with Crippen molar-refractivity contribution in [2.45, 2.75) is 37.5 Å². The Morgan fingerprint density at radius 2 is 1.56 bits per heavy atom. The van der Waals surface area contributed by atoms with Gasteiger partial charge in [0.05, 0.1) is 15.9 Å². The number of carbonyl (C=O) groups excluding carboxylic acids is 1. The van der Waals surface area contributed by atoms with Crippen LogP contribution in [0.4, 0.5) is 5.69 Å². The zero-order chi connectivity index (χ0) is 23.0. The second-order valence-corrected chi connectivity index (χ2v) is 10.3. The Morgan fingerprint density at radius 3 is 2.25 bits per heavy atom. The van der Waals surface area contributed by atoms with Gasteiger partial charge in [-0.25, -0.2) is 13.2 Å². The predicted octanol–water partition coefficient (Wildman–Crippen LogP) is 3.00. The number of rotatable bonds is 4. The lowest BCUT2D eigenvalue weighted by molar-refractivity contribution is 0.102. The molecule has 0 unspecified atom stereocenters. The lowest BCUT2D eigenvalue weighted by Crippen LogP contribution is -2.32. The average molecular weight is 457 g/mol. The van der Waals surface area contributed by atoms with Crippen LogP contribution in [0.2, 0.25) is 0 Å². The number of fused-ring (bicyclic) bond motifs is 1. The van der Waals surface area contributed by atoms with Crippen molar-refractivity contribution in [3.63, 3.8) is 0 Å². The summed E-state index contributed by atoms with van der Waals surface area (Å²) in [6.07, 6.45) is 3.77. The summed E-state index contributed by atoms with van der Waals surface area (Å²) in [6.45, 7) is 2.79. The maximum atomic E-state index is 13.2. The van der Waals surface area contributed by atoms with Crippen LogP contribution in [0.25, 0.3) is 11.0 Å². The van der Waals surface area contributed by atoms with Gasteiger partial charge in [-0.05, 0) is 55.7 Å². The third-order valence-electron chi connectivity index (χ3n) is 6.19. The van der Waals surface area contributed by atoms with E-state index >= 15 is 0 Å². The van der Waals surface area contributed by atoms with Crippen LogP contribution in [0.5, 0.6) is 0 Å². The molecular formula is C23H28N4O4S. The van der Waals surface area contributed by atoms with E-state index in [2.05, 4.69) is 5.32 Å². The summed E-state index contributed by atoms with van der Waals surface area (Å²) in [4.78, 5) is 25.3. The van der Waals surface area contributed by atoms with Crippen molar-refractivity contribution in [1.82, 2.24) is 13.4 Å². The summed E-state index contributed by atoms with van der Waals surface area (Å²) in [5, 5.41) is 2.84. The van der Waals surface area contributed by atoms with Gasteiger partial charge >= 0.3 is 5.69 Å². The number of nitrogens with zero attached hydrogens (tertiary/aromatic N) is 3. The number of aryl methyl sites for hydroxylation is 3. The summed E-state index contributed by atoms with van der Waals surface area (Å²) in [7, 11) is -0.280. The van der Waals surface area contributed by atoms with Crippen molar-refractivity contribution in [1.29, 1.82) is 0 Å². The molecule has 4 rings (SSSR count). The van der Waals surface area contributed by atoms with E-state index in [1.54, 1.807) is 55.9 Å². The molecule has 2 aromatic carbocycles. The number of hydrogen-bond acceptors (Lipinski definition) is 4. The summed E-state index contributed by atoms with van der Waals surface area (Å²) in [5.41, 5.74) is 2.84. The highest BCUT2D eigenvalue weighted by atomic mass is 32.2. The third kappa shape index (κ3) is 3.98. The number of anilines is 1. The molecule has 1 aliphatic heterocycles. The molecule has 32 heavy (non-hydrogen) atoms. The highest BCUT2D eigenvalue weighted by Crippen LogP contribution is 2.24. The normalized spacial score (nSPS) is 15.6. The molecule has 1 amide bonds. The minimum Gasteiger partial charge on any atom is -0.322 e. The highest BCUT2D eigenvalue weighted by Gasteiger charge is 2.26. The van der Waals surface area contributed by atoms with Gasteiger partial charge in [0.1, 0.15) is 0 Å². The zero-order valence-corrected chi connectivity index (χ0v) is 19.4. The molecule has 0 saturated carbocycles. The Hall–Kier alpha value is -2.91. The first-order valence-electron chi connectivity index (χ1n) is 10.8. The molecule has 0 radical (unpaired) electrons. The van der Waals surface area contributed by atoms with Gasteiger partial charge in [-0.1, -0.05) is 18.9 Å². The van der Waals surface area contributed by atoms with Gasteiger partial charge in [0.25, 0.3) is 5.91 Å². The van der Waals surface area contributed by atoms with Crippen LogP contribution in [-0.4, -0.2) is 40.9 Å². The van der Waals surface area contributed by atoms with E-state index in [1.807, 2.05) is 0 Å². The van der Waals surface area contributed by atoms with Crippen molar-refractivity contribution in [3.8, 4) is 0 Å². The van der Waals surface area contributed by atoms with Gasteiger partial charge in [0, 0.05) is 38.4 Å². The number of imidazole rings is 1. The summed E-state index contributed by atoms with van der Waals surface area (Å²) in [6, 6.07) is 9.94. The number of nitrogens with one attached hydrogen (secondary N) is 1. The summed E-state index contributed by atoms with van der Waals surface area (Å²) >= 11 is 0. The number of amides is 1. The second kappa shape index (κ2) is 8.55. The van der Waals surface area contributed by atoms with Crippen LogP contribution >= 0.6 is 0 Å². The van der Waals surface area contributed by atoms with Gasteiger partial charge in [0.15, 0.2) is 0 Å². The van der Waals surface area contributed by atoms with E-state index in [4.69, 9.17) is 0 Å². The predicted molar refractivity (Wildman–Crippen MR) is 125 cm³/mol. The van der Waals surface area contributed by atoms with Gasteiger partial charge in [-0.2, -0.15) is 4.31 Å². The maximum Gasteiger partial charge on any atom is 0.328 e.